The summed E-state index contributed by atoms with van der Waals surface area (Å²) < 4.78 is 5.48. The lowest BCUT2D eigenvalue weighted by Gasteiger charge is -2.20. The Hall–Kier alpha value is -2.47. The summed E-state index contributed by atoms with van der Waals surface area (Å²) in [7, 11) is 0. The first-order chi connectivity index (χ1) is 11.7. The third kappa shape index (κ3) is 2.73. The van der Waals surface area contributed by atoms with Crippen molar-refractivity contribution >= 4 is 17.2 Å². The number of rotatable bonds is 3. The second kappa shape index (κ2) is 6.20. The van der Waals surface area contributed by atoms with Gasteiger partial charge in [-0.05, 0) is 31.2 Å². The number of aryl methyl sites for hydroxylation is 1. The molecular weight excluding hydrogens is 322 g/mol. The van der Waals surface area contributed by atoms with Gasteiger partial charge in [-0.2, -0.15) is 4.98 Å². The van der Waals surface area contributed by atoms with E-state index in [9.17, 15) is 4.79 Å². The average Bonchev–Trinajstić information content (AvgIpc) is 3.34. The van der Waals surface area contributed by atoms with Crippen LogP contribution in [-0.2, 0) is 0 Å². The maximum absolute atomic E-state index is 12.7. The molecule has 0 saturated carbocycles. The van der Waals surface area contributed by atoms with Crippen LogP contribution in [0.1, 0.15) is 40.0 Å². The topological polar surface area (TPSA) is 59.2 Å². The fraction of sp³-hybridized carbons (Fsp3) is 0.278. The van der Waals surface area contributed by atoms with Crippen LogP contribution in [0.4, 0.5) is 0 Å². The van der Waals surface area contributed by atoms with E-state index in [2.05, 4.69) is 10.1 Å². The van der Waals surface area contributed by atoms with Crippen LogP contribution in [0.25, 0.3) is 11.4 Å². The molecule has 2 aromatic heterocycles. The minimum absolute atomic E-state index is 0.0441. The summed E-state index contributed by atoms with van der Waals surface area (Å²) >= 11 is 1.46. The van der Waals surface area contributed by atoms with Gasteiger partial charge in [0.2, 0.25) is 11.7 Å². The summed E-state index contributed by atoms with van der Waals surface area (Å²) in [5.41, 5.74) is 2.11. The van der Waals surface area contributed by atoms with Gasteiger partial charge in [-0.15, -0.1) is 11.3 Å². The van der Waals surface area contributed by atoms with Crippen LogP contribution in [0, 0.1) is 6.92 Å². The molecule has 6 heteroatoms. The second-order valence-corrected chi connectivity index (χ2v) is 6.90. The molecule has 1 unspecified atom stereocenters. The number of carbonyl (C=O) groups is 1. The van der Waals surface area contributed by atoms with Crippen molar-refractivity contribution < 1.29 is 9.32 Å². The Morgan fingerprint density at radius 1 is 1.29 bits per heavy atom. The molecule has 1 fully saturated rings. The Bertz CT molecular complexity index is 840. The van der Waals surface area contributed by atoms with Gasteiger partial charge in [-0.1, -0.05) is 41.1 Å². The van der Waals surface area contributed by atoms with Crippen molar-refractivity contribution in [1.82, 2.24) is 15.0 Å². The zero-order chi connectivity index (χ0) is 16.5. The van der Waals surface area contributed by atoms with Crippen molar-refractivity contribution in [1.29, 1.82) is 0 Å². The first kappa shape index (κ1) is 15.1. The highest BCUT2D eigenvalue weighted by Gasteiger charge is 2.34. The van der Waals surface area contributed by atoms with Gasteiger partial charge in [0.1, 0.15) is 6.04 Å². The van der Waals surface area contributed by atoms with Crippen LogP contribution in [0.3, 0.4) is 0 Å². The van der Waals surface area contributed by atoms with Crippen LogP contribution < -0.4 is 0 Å². The molecule has 0 spiro atoms. The first-order valence-electron chi connectivity index (χ1n) is 7.97. The summed E-state index contributed by atoms with van der Waals surface area (Å²) in [4.78, 5) is 19.8. The first-order valence-corrected chi connectivity index (χ1v) is 8.85. The number of hydrogen-bond acceptors (Lipinski definition) is 5. The molecule has 0 bridgehead atoms. The molecule has 24 heavy (non-hydrogen) atoms. The number of thiophene rings is 1. The van der Waals surface area contributed by atoms with Gasteiger partial charge in [0, 0.05) is 12.1 Å². The van der Waals surface area contributed by atoms with Crippen LogP contribution in [0.5, 0.6) is 0 Å². The van der Waals surface area contributed by atoms with Crippen LogP contribution in [0.2, 0.25) is 0 Å². The molecule has 3 heterocycles. The van der Waals surface area contributed by atoms with Gasteiger partial charge in [0.25, 0.3) is 5.91 Å². The van der Waals surface area contributed by atoms with Crippen LogP contribution in [0.15, 0.2) is 46.3 Å². The van der Waals surface area contributed by atoms with Crippen LogP contribution >= 0.6 is 11.3 Å². The van der Waals surface area contributed by atoms with Gasteiger partial charge in [-0.3, -0.25) is 4.79 Å². The van der Waals surface area contributed by atoms with E-state index in [1.54, 1.807) is 0 Å². The molecule has 0 radical (unpaired) electrons. The molecule has 1 aromatic carbocycles. The van der Waals surface area contributed by atoms with E-state index in [4.69, 9.17) is 4.52 Å². The maximum atomic E-state index is 12.7. The fourth-order valence-electron chi connectivity index (χ4n) is 3.00. The minimum atomic E-state index is -0.133. The van der Waals surface area contributed by atoms with Gasteiger partial charge >= 0.3 is 0 Å². The standard InChI is InChI=1S/C18H17N3O2S/c1-12-6-8-13(9-7-12)16-19-17(23-20-16)14-4-2-10-21(14)18(22)15-5-3-11-24-15/h3,5-9,11,14H,2,4,10H2,1H3. The monoisotopic (exact) mass is 339 g/mol. The lowest BCUT2D eigenvalue weighted by molar-refractivity contribution is 0.0715. The summed E-state index contributed by atoms with van der Waals surface area (Å²) in [6.07, 6.45) is 1.80. The predicted octanol–water partition coefficient (Wildman–Crippen LogP) is 4.08. The number of carbonyl (C=O) groups excluding carboxylic acids is 1. The number of nitrogens with zero attached hydrogens (tertiary/aromatic N) is 3. The molecule has 5 nitrogen and oxygen atoms in total. The second-order valence-electron chi connectivity index (χ2n) is 5.96. The maximum Gasteiger partial charge on any atom is 0.264 e. The molecule has 1 aliphatic heterocycles. The third-order valence-electron chi connectivity index (χ3n) is 4.28. The molecule has 122 valence electrons. The molecule has 1 aliphatic rings. The Kier molecular flexibility index (Phi) is 3.90. The van der Waals surface area contributed by atoms with Crippen molar-refractivity contribution in [2.45, 2.75) is 25.8 Å². The molecule has 1 amide bonds. The summed E-state index contributed by atoms with van der Waals surface area (Å²) in [6.45, 7) is 2.77. The van der Waals surface area contributed by atoms with Gasteiger partial charge in [0.05, 0.1) is 4.88 Å². The Morgan fingerprint density at radius 3 is 2.88 bits per heavy atom. The van der Waals surface area contributed by atoms with Crippen molar-refractivity contribution in [2.75, 3.05) is 6.54 Å². The van der Waals surface area contributed by atoms with E-state index in [-0.39, 0.29) is 11.9 Å². The van der Waals surface area contributed by atoms with Crippen molar-refractivity contribution in [3.8, 4) is 11.4 Å². The lowest BCUT2D eigenvalue weighted by Crippen LogP contribution is -2.30. The molecule has 3 aromatic rings. The zero-order valence-corrected chi connectivity index (χ0v) is 14.1. The number of likely N-dealkylation sites (tertiary alicyclic amines) is 1. The van der Waals surface area contributed by atoms with Gasteiger partial charge in [0.15, 0.2) is 0 Å². The molecule has 1 atom stereocenters. The molecule has 0 aliphatic carbocycles. The molecule has 0 N–H and O–H groups in total. The summed E-state index contributed by atoms with van der Waals surface area (Å²) in [5, 5.41) is 6.01. The SMILES string of the molecule is Cc1ccc(-c2noc(C3CCCN3C(=O)c3cccs3)n2)cc1. The Morgan fingerprint density at radius 2 is 2.12 bits per heavy atom. The highest BCUT2D eigenvalue weighted by molar-refractivity contribution is 7.12. The van der Waals surface area contributed by atoms with E-state index < -0.39 is 0 Å². The predicted molar refractivity (Wildman–Crippen MR) is 91.8 cm³/mol. The third-order valence-corrected chi connectivity index (χ3v) is 5.14. The largest absolute Gasteiger partial charge is 0.337 e. The summed E-state index contributed by atoms with van der Waals surface area (Å²) in [6, 6.07) is 11.6. The fourth-order valence-corrected chi connectivity index (χ4v) is 3.68. The Balaban J connectivity index is 1.59. The Labute approximate surface area is 143 Å². The normalized spacial score (nSPS) is 17.4. The molecular formula is C18H17N3O2S. The van der Waals surface area contributed by atoms with Gasteiger partial charge in [-0.25, -0.2) is 0 Å². The van der Waals surface area contributed by atoms with E-state index in [1.165, 1.54) is 16.9 Å². The zero-order valence-electron chi connectivity index (χ0n) is 13.3. The molecule has 1 saturated heterocycles. The molecule has 4 rings (SSSR count). The highest BCUT2D eigenvalue weighted by Crippen LogP contribution is 2.33. The highest BCUT2D eigenvalue weighted by atomic mass is 32.1. The minimum Gasteiger partial charge on any atom is -0.337 e. The van der Waals surface area contributed by atoms with Crippen LogP contribution in [-0.4, -0.2) is 27.5 Å². The van der Waals surface area contributed by atoms with Gasteiger partial charge < -0.3 is 9.42 Å². The van der Waals surface area contributed by atoms with Crippen molar-refractivity contribution in [2.24, 2.45) is 0 Å². The van der Waals surface area contributed by atoms with E-state index >= 15 is 0 Å². The van der Waals surface area contributed by atoms with E-state index in [0.717, 1.165) is 29.8 Å². The van der Waals surface area contributed by atoms with E-state index in [1.807, 2.05) is 53.6 Å². The average molecular weight is 339 g/mol. The number of aromatic nitrogens is 2. The number of benzene rings is 1. The lowest BCUT2D eigenvalue weighted by atomic mass is 10.1. The van der Waals surface area contributed by atoms with E-state index in [0.29, 0.717) is 11.7 Å². The quantitative estimate of drug-likeness (QED) is 0.721. The number of hydrogen-bond donors (Lipinski definition) is 0. The smallest absolute Gasteiger partial charge is 0.264 e. The van der Waals surface area contributed by atoms with Crippen molar-refractivity contribution in [3.63, 3.8) is 0 Å². The van der Waals surface area contributed by atoms with Crippen molar-refractivity contribution in [3.05, 3.63) is 58.1 Å². The summed E-state index contributed by atoms with van der Waals surface area (Å²) in [5.74, 6) is 1.14. The number of amides is 1.